The van der Waals surface area contributed by atoms with Crippen LogP contribution in [0.5, 0.6) is 0 Å². The van der Waals surface area contributed by atoms with Gasteiger partial charge >= 0.3 is 0 Å². The molecule has 2 N–H and O–H groups in total. The second-order valence-electron chi connectivity index (χ2n) is 4.14. The highest BCUT2D eigenvalue weighted by Gasteiger charge is 2.03. The molecule has 0 aromatic carbocycles. The molecule has 0 saturated heterocycles. The summed E-state index contributed by atoms with van der Waals surface area (Å²) in [5.41, 5.74) is 8.76. The topological polar surface area (TPSA) is 64.7 Å². The molecule has 2 rings (SSSR count). The van der Waals surface area contributed by atoms with Crippen LogP contribution in [0.4, 0.5) is 0 Å². The van der Waals surface area contributed by atoms with Crippen LogP contribution in [0.1, 0.15) is 16.8 Å². The van der Waals surface area contributed by atoms with Crippen LogP contribution in [0.3, 0.4) is 0 Å². The highest BCUT2D eigenvalue weighted by Crippen LogP contribution is 2.23. The summed E-state index contributed by atoms with van der Waals surface area (Å²) in [5.74, 6) is 0. The Labute approximate surface area is 111 Å². The summed E-state index contributed by atoms with van der Waals surface area (Å²) in [6, 6.07) is 4.09. The van der Waals surface area contributed by atoms with E-state index in [9.17, 15) is 0 Å². The maximum atomic E-state index is 5.48. The largest absolute Gasteiger partial charge is 0.330 e. The molecular weight excluding hydrogens is 244 g/mol. The van der Waals surface area contributed by atoms with E-state index < -0.39 is 0 Å². The molecule has 0 aliphatic heterocycles. The lowest BCUT2D eigenvalue weighted by atomic mass is 10.2. The molecule has 0 aliphatic rings. The second kappa shape index (κ2) is 5.93. The maximum Gasteiger partial charge on any atom is 0.193 e. The van der Waals surface area contributed by atoms with Crippen LogP contribution in [-0.4, -0.2) is 21.5 Å². The van der Waals surface area contributed by atoms with Gasteiger partial charge in [-0.25, -0.2) is 15.0 Å². The van der Waals surface area contributed by atoms with Crippen LogP contribution >= 0.6 is 11.8 Å². The molecule has 5 heteroatoms. The molecule has 0 amide bonds. The highest BCUT2D eigenvalue weighted by molar-refractivity contribution is 7.99. The van der Waals surface area contributed by atoms with Gasteiger partial charge in [0, 0.05) is 18.1 Å². The molecule has 0 spiro atoms. The average Bonchev–Trinajstić information content (AvgIpc) is 2.31. The van der Waals surface area contributed by atoms with Crippen molar-refractivity contribution in [2.45, 2.75) is 30.5 Å². The van der Waals surface area contributed by atoms with Crippen molar-refractivity contribution in [2.24, 2.45) is 5.73 Å². The molecule has 0 radical (unpaired) electrons. The zero-order chi connectivity index (χ0) is 13.0. The zero-order valence-corrected chi connectivity index (χ0v) is 11.4. The molecule has 0 aliphatic carbocycles. The van der Waals surface area contributed by atoms with E-state index in [0.717, 1.165) is 22.7 Å². The van der Waals surface area contributed by atoms with Crippen molar-refractivity contribution in [3.8, 4) is 0 Å². The number of nitrogens with zero attached hydrogens (tertiary/aromatic N) is 3. The molecule has 2 aromatic rings. The van der Waals surface area contributed by atoms with Crippen LogP contribution in [0, 0.1) is 13.8 Å². The van der Waals surface area contributed by atoms with E-state index in [2.05, 4.69) is 27.9 Å². The van der Waals surface area contributed by atoms with Gasteiger partial charge in [-0.05, 0) is 61.8 Å². The fourth-order valence-electron chi connectivity index (χ4n) is 1.64. The summed E-state index contributed by atoms with van der Waals surface area (Å²) < 4.78 is 0. The van der Waals surface area contributed by atoms with Crippen LogP contribution < -0.4 is 5.73 Å². The lowest BCUT2D eigenvalue weighted by Crippen LogP contribution is -2.03. The number of aromatic nitrogens is 3. The van der Waals surface area contributed by atoms with E-state index in [-0.39, 0.29) is 0 Å². The van der Waals surface area contributed by atoms with Gasteiger partial charge in [0.25, 0.3) is 0 Å². The first-order chi connectivity index (χ1) is 8.67. The summed E-state index contributed by atoms with van der Waals surface area (Å²) in [6.45, 7) is 4.67. The van der Waals surface area contributed by atoms with E-state index in [1.54, 1.807) is 0 Å². The molecule has 0 saturated carbocycles. The van der Waals surface area contributed by atoms with Crippen molar-refractivity contribution in [1.29, 1.82) is 0 Å². The van der Waals surface area contributed by atoms with Crippen molar-refractivity contribution in [3.05, 3.63) is 41.3 Å². The van der Waals surface area contributed by atoms with E-state index in [0.29, 0.717) is 11.7 Å². The predicted molar refractivity (Wildman–Crippen MR) is 72.6 cm³/mol. The molecular formula is C13H16N4S. The van der Waals surface area contributed by atoms with Gasteiger partial charge < -0.3 is 5.73 Å². The Morgan fingerprint density at radius 2 is 1.89 bits per heavy atom. The van der Waals surface area contributed by atoms with E-state index in [4.69, 9.17) is 5.73 Å². The maximum absolute atomic E-state index is 5.48. The van der Waals surface area contributed by atoms with Crippen molar-refractivity contribution in [3.63, 3.8) is 0 Å². The van der Waals surface area contributed by atoms with Gasteiger partial charge in [-0.15, -0.1) is 0 Å². The fraction of sp³-hybridized carbons (Fsp3) is 0.308. The number of nitrogens with two attached hydrogens (primary N) is 1. The minimum Gasteiger partial charge on any atom is -0.330 e. The van der Waals surface area contributed by atoms with Gasteiger partial charge in [0.1, 0.15) is 5.03 Å². The Balaban J connectivity index is 2.13. The monoisotopic (exact) mass is 260 g/mol. The fourth-order valence-corrected chi connectivity index (χ4v) is 2.47. The Hall–Kier alpha value is -1.46. The Kier molecular flexibility index (Phi) is 4.28. The highest BCUT2D eigenvalue weighted by atomic mass is 32.2. The first-order valence-corrected chi connectivity index (χ1v) is 6.63. The summed E-state index contributed by atoms with van der Waals surface area (Å²) >= 11 is 1.48. The van der Waals surface area contributed by atoms with Crippen molar-refractivity contribution >= 4 is 11.8 Å². The van der Waals surface area contributed by atoms with Crippen molar-refractivity contribution in [1.82, 2.24) is 15.0 Å². The molecule has 18 heavy (non-hydrogen) atoms. The van der Waals surface area contributed by atoms with Gasteiger partial charge in [0.2, 0.25) is 0 Å². The van der Waals surface area contributed by atoms with Crippen LogP contribution in [0.25, 0.3) is 0 Å². The lowest BCUT2D eigenvalue weighted by Gasteiger charge is -2.03. The molecule has 0 atom stereocenters. The van der Waals surface area contributed by atoms with Crippen LogP contribution in [0.15, 0.2) is 34.7 Å². The van der Waals surface area contributed by atoms with Gasteiger partial charge in [0.05, 0.1) is 0 Å². The zero-order valence-electron chi connectivity index (χ0n) is 10.6. The number of hydrogen-bond acceptors (Lipinski definition) is 5. The molecule has 0 fully saturated rings. The predicted octanol–water partition coefficient (Wildman–Crippen LogP) is 2.14. The molecule has 2 heterocycles. The Morgan fingerprint density at radius 3 is 2.50 bits per heavy atom. The summed E-state index contributed by atoms with van der Waals surface area (Å²) in [6.07, 6.45) is 4.46. The molecule has 0 bridgehead atoms. The van der Waals surface area contributed by atoms with Gasteiger partial charge in [-0.1, -0.05) is 0 Å². The summed E-state index contributed by atoms with van der Waals surface area (Å²) in [7, 11) is 0. The summed E-state index contributed by atoms with van der Waals surface area (Å²) in [4.78, 5) is 13.1. The van der Waals surface area contributed by atoms with E-state index >= 15 is 0 Å². The number of hydrogen-bond donors (Lipinski definition) is 1. The first-order valence-electron chi connectivity index (χ1n) is 5.81. The van der Waals surface area contributed by atoms with Crippen molar-refractivity contribution < 1.29 is 0 Å². The van der Waals surface area contributed by atoms with Crippen LogP contribution in [-0.2, 0) is 6.42 Å². The molecule has 2 aromatic heterocycles. The lowest BCUT2D eigenvalue weighted by molar-refractivity contribution is 0.888. The van der Waals surface area contributed by atoms with Crippen LogP contribution in [0.2, 0.25) is 0 Å². The smallest absolute Gasteiger partial charge is 0.193 e. The SMILES string of the molecule is Cc1cc(C)nc(Sc2ncc(CCN)cn2)c1. The van der Waals surface area contributed by atoms with Gasteiger partial charge in [0.15, 0.2) is 5.16 Å². The average molecular weight is 260 g/mol. The minimum atomic E-state index is 0.620. The van der Waals surface area contributed by atoms with Gasteiger partial charge in [-0.3, -0.25) is 0 Å². The summed E-state index contributed by atoms with van der Waals surface area (Å²) in [5, 5.41) is 1.65. The third-order valence-corrected chi connectivity index (χ3v) is 3.20. The number of rotatable bonds is 4. The standard InChI is InChI=1S/C13H16N4S/c1-9-5-10(2)17-12(6-9)18-13-15-7-11(3-4-14)8-16-13/h5-8H,3-4,14H2,1-2H3. The Bertz CT molecular complexity index is 505. The minimum absolute atomic E-state index is 0.620. The number of pyridine rings is 1. The molecule has 4 nitrogen and oxygen atoms in total. The van der Waals surface area contributed by atoms with E-state index in [1.807, 2.05) is 25.4 Å². The third-order valence-electron chi connectivity index (χ3n) is 2.38. The second-order valence-corrected chi connectivity index (χ2v) is 5.13. The van der Waals surface area contributed by atoms with Crippen molar-refractivity contribution in [2.75, 3.05) is 6.54 Å². The number of aryl methyl sites for hydroxylation is 2. The van der Waals surface area contributed by atoms with E-state index in [1.165, 1.54) is 17.3 Å². The first kappa shape index (κ1) is 13.0. The molecule has 94 valence electrons. The Morgan fingerprint density at radius 1 is 1.17 bits per heavy atom. The quantitative estimate of drug-likeness (QED) is 0.853. The normalized spacial score (nSPS) is 10.6. The van der Waals surface area contributed by atoms with Gasteiger partial charge in [-0.2, -0.15) is 0 Å². The molecule has 0 unspecified atom stereocenters. The third kappa shape index (κ3) is 3.51.